The van der Waals surface area contributed by atoms with Crippen LogP contribution in [0.3, 0.4) is 0 Å². The monoisotopic (exact) mass is 239 g/mol. The lowest BCUT2D eigenvalue weighted by atomic mass is 10.2. The molecule has 16 heavy (non-hydrogen) atoms. The summed E-state index contributed by atoms with van der Waals surface area (Å²) in [6, 6.07) is 5.15. The third-order valence-electron chi connectivity index (χ3n) is 2.30. The Balaban J connectivity index is 2.66. The van der Waals surface area contributed by atoms with E-state index in [1.807, 2.05) is 6.07 Å². The van der Waals surface area contributed by atoms with Crippen LogP contribution in [0.15, 0.2) is 23.1 Å². The Hall–Kier alpha value is -1.16. The molecule has 0 fully saturated rings. The normalized spacial score (nSPS) is 10.3. The molecule has 88 valence electrons. The minimum atomic E-state index is -0.964. The number of carboxylic acids is 1. The predicted molar refractivity (Wildman–Crippen MR) is 68.1 cm³/mol. The summed E-state index contributed by atoms with van der Waals surface area (Å²) in [7, 11) is 0. The molecule has 0 aromatic heterocycles. The van der Waals surface area contributed by atoms with Crippen molar-refractivity contribution in [3.05, 3.63) is 23.8 Å². The lowest BCUT2D eigenvalue weighted by Gasteiger charge is -2.07. The third kappa shape index (κ3) is 3.45. The molecule has 0 radical (unpaired) electrons. The fraction of sp³-hybridized carbons (Fsp3) is 0.417. The fourth-order valence-electron chi connectivity index (χ4n) is 1.39. The van der Waals surface area contributed by atoms with E-state index in [1.165, 1.54) is 18.9 Å². The standard InChI is InChI=1S/C12H17NO2S/c1-2-3-4-8-16-10-7-5-6-9(11(10)13)12(14)15/h5-7H,2-4,8,13H2,1H3,(H,14,15). The average molecular weight is 239 g/mol. The summed E-state index contributed by atoms with van der Waals surface area (Å²) in [5.41, 5.74) is 6.38. The van der Waals surface area contributed by atoms with Crippen LogP contribution in [0, 0.1) is 0 Å². The second kappa shape index (κ2) is 6.43. The van der Waals surface area contributed by atoms with E-state index < -0.39 is 5.97 Å². The third-order valence-corrected chi connectivity index (χ3v) is 3.46. The highest BCUT2D eigenvalue weighted by Gasteiger charge is 2.10. The zero-order chi connectivity index (χ0) is 12.0. The van der Waals surface area contributed by atoms with Gasteiger partial charge in [-0.2, -0.15) is 0 Å². The largest absolute Gasteiger partial charge is 0.478 e. The molecule has 0 aliphatic heterocycles. The van der Waals surface area contributed by atoms with Crippen LogP contribution in [0.5, 0.6) is 0 Å². The number of hydrogen-bond donors (Lipinski definition) is 2. The Morgan fingerprint density at radius 2 is 2.19 bits per heavy atom. The van der Waals surface area contributed by atoms with Gasteiger partial charge in [-0.25, -0.2) is 4.79 Å². The molecule has 3 N–H and O–H groups in total. The van der Waals surface area contributed by atoms with Gasteiger partial charge in [0, 0.05) is 4.90 Å². The van der Waals surface area contributed by atoms with Crippen LogP contribution < -0.4 is 5.73 Å². The van der Waals surface area contributed by atoms with E-state index >= 15 is 0 Å². The number of rotatable bonds is 6. The molecule has 0 heterocycles. The van der Waals surface area contributed by atoms with Crippen LogP contribution in [0.25, 0.3) is 0 Å². The highest BCUT2D eigenvalue weighted by Crippen LogP contribution is 2.28. The summed E-state index contributed by atoms with van der Waals surface area (Å²) in [4.78, 5) is 11.7. The van der Waals surface area contributed by atoms with E-state index in [2.05, 4.69) is 6.92 Å². The Morgan fingerprint density at radius 1 is 1.44 bits per heavy atom. The number of unbranched alkanes of at least 4 members (excludes halogenated alkanes) is 2. The van der Waals surface area contributed by atoms with Crippen molar-refractivity contribution in [2.24, 2.45) is 0 Å². The first-order valence-electron chi connectivity index (χ1n) is 5.41. The summed E-state index contributed by atoms with van der Waals surface area (Å²) in [5.74, 6) is 0.0229. The number of aromatic carboxylic acids is 1. The number of nitrogens with two attached hydrogens (primary N) is 1. The van der Waals surface area contributed by atoms with Gasteiger partial charge in [-0.05, 0) is 24.3 Å². The van der Waals surface area contributed by atoms with Crippen LogP contribution in [-0.2, 0) is 0 Å². The highest BCUT2D eigenvalue weighted by molar-refractivity contribution is 7.99. The number of thioether (sulfide) groups is 1. The van der Waals surface area contributed by atoms with E-state index in [9.17, 15) is 4.79 Å². The molecule has 0 saturated heterocycles. The second-order valence-corrected chi connectivity index (χ2v) is 4.71. The molecule has 1 aromatic rings. The van der Waals surface area contributed by atoms with Gasteiger partial charge in [0.2, 0.25) is 0 Å². The molecule has 1 aromatic carbocycles. The number of carbonyl (C=O) groups is 1. The molecule has 0 atom stereocenters. The second-order valence-electron chi connectivity index (χ2n) is 3.58. The number of carboxylic acid groups (broad SMARTS) is 1. The van der Waals surface area contributed by atoms with Crippen molar-refractivity contribution < 1.29 is 9.90 Å². The van der Waals surface area contributed by atoms with Gasteiger partial charge in [0.1, 0.15) is 0 Å². The van der Waals surface area contributed by atoms with E-state index in [-0.39, 0.29) is 5.56 Å². The van der Waals surface area contributed by atoms with E-state index in [0.717, 1.165) is 17.1 Å². The smallest absolute Gasteiger partial charge is 0.337 e. The summed E-state index contributed by atoms with van der Waals surface area (Å²) in [5, 5.41) is 8.91. The van der Waals surface area contributed by atoms with Gasteiger partial charge in [-0.15, -0.1) is 11.8 Å². The summed E-state index contributed by atoms with van der Waals surface area (Å²) < 4.78 is 0. The average Bonchev–Trinajstić information content (AvgIpc) is 2.26. The van der Waals surface area contributed by atoms with Gasteiger partial charge < -0.3 is 10.8 Å². The highest BCUT2D eigenvalue weighted by atomic mass is 32.2. The molecule has 0 aliphatic rings. The zero-order valence-electron chi connectivity index (χ0n) is 9.40. The van der Waals surface area contributed by atoms with Crippen molar-refractivity contribution in [3.8, 4) is 0 Å². The quantitative estimate of drug-likeness (QED) is 0.454. The molecule has 1 rings (SSSR count). The zero-order valence-corrected chi connectivity index (χ0v) is 10.2. The first-order chi connectivity index (χ1) is 7.66. The van der Waals surface area contributed by atoms with E-state index in [4.69, 9.17) is 10.8 Å². The van der Waals surface area contributed by atoms with Gasteiger partial charge in [0.25, 0.3) is 0 Å². The number of anilines is 1. The molecule has 3 nitrogen and oxygen atoms in total. The van der Waals surface area contributed by atoms with Crippen molar-refractivity contribution in [3.63, 3.8) is 0 Å². The van der Waals surface area contributed by atoms with E-state index in [0.29, 0.717) is 5.69 Å². The lowest BCUT2D eigenvalue weighted by molar-refractivity contribution is 0.0698. The predicted octanol–water partition coefficient (Wildman–Crippen LogP) is 3.25. The van der Waals surface area contributed by atoms with Crippen LogP contribution in [0.4, 0.5) is 5.69 Å². The van der Waals surface area contributed by atoms with Gasteiger partial charge in [0.05, 0.1) is 11.3 Å². The summed E-state index contributed by atoms with van der Waals surface area (Å²) in [6.45, 7) is 2.16. The minimum absolute atomic E-state index is 0.195. The van der Waals surface area contributed by atoms with Crippen LogP contribution >= 0.6 is 11.8 Å². The topological polar surface area (TPSA) is 63.3 Å². The first kappa shape index (κ1) is 12.9. The van der Waals surface area contributed by atoms with Gasteiger partial charge in [-0.3, -0.25) is 0 Å². The van der Waals surface area contributed by atoms with Crippen molar-refractivity contribution >= 4 is 23.4 Å². The molecule has 0 saturated carbocycles. The van der Waals surface area contributed by atoms with Gasteiger partial charge in [-0.1, -0.05) is 25.8 Å². The Labute approximate surface area is 100 Å². The van der Waals surface area contributed by atoms with Crippen LogP contribution in [0.2, 0.25) is 0 Å². The first-order valence-corrected chi connectivity index (χ1v) is 6.40. The lowest BCUT2D eigenvalue weighted by Crippen LogP contribution is -2.03. The molecule has 0 aliphatic carbocycles. The minimum Gasteiger partial charge on any atom is -0.478 e. The Morgan fingerprint density at radius 3 is 2.81 bits per heavy atom. The SMILES string of the molecule is CCCCCSc1cccc(C(=O)O)c1N. The van der Waals surface area contributed by atoms with Crippen LogP contribution in [-0.4, -0.2) is 16.8 Å². The van der Waals surface area contributed by atoms with Crippen molar-refractivity contribution in [2.75, 3.05) is 11.5 Å². The van der Waals surface area contributed by atoms with Crippen LogP contribution in [0.1, 0.15) is 36.5 Å². The fourth-order valence-corrected chi connectivity index (χ4v) is 2.40. The maximum absolute atomic E-state index is 10.9. The molecular formula is C12H17NO2S. The van der Waals surface area contributed by atoms with Gasteiger partial charge >= 0.3 is 5.97 Å². The number of hydrogen-bond acceptors (Lipinski definition) is 3. The molecule has 0 spiro atoms. The summed E-state index contributed by atoms with van der Waals surface area (Å²) in [6.07, 6.45) is 3.52. The maximum atomic E-state index is 10.9. The Kier molecular flexibility index (Phi) is 5.19. The Bertz CT molecular complexity index is 366. The number of para-hydroxylation sites is 1. The summed E-state index contributed by atoms with van der Waals surface area (Å²) >= 11 is 1.63. The number of benzene rings is 1. The molecule has 0 unspecified atom stereocenters. The van der Waals surface area contributed by atoms with Crippen molar-refractivity contribution in [2.45, 2.75) is 31.1 Å². The van der Waals surface area contributed by atoms with Crippen molar-refractivity contribution in [1.29, 1.82) is 0 Å². The molecule has 4 heteroatoms. The molecular weight excluding hydrogens is 222 g/mol. The van der Waals surface area contributed by atoms with Crippen molar-refractivity contribution in [1.82, 2.24) is 0 Å². The maximum Gasteiger partial charge on any atom is 0.337 e. The van der Waals surface area contributed by atoms with Gasteiger partial charge in [0.15, 0.2) is 0 Å². The molecule has 0 amide bonds. The molecule has 0 bridgehead atoms. The number of nitrogen functional groups attached to an aromatic ring is 1. The van der Waals surface area contributed by atoms with E-state index in [1.54, 1.807) is 17.8 Å².